The predicted octanol–water partition coefficient (Wildman–Crippen LogP) is 5.12. The number of aromatic nitrogens is 3. The van der Waals surface area contributed by atoms with Gasteiger partial charge in [0.2, 0.25) is 11.8 Å². The molecule has 9 heteroatoms. The minimum Gasteiger partial charge on any atom is -0.339 e. The lowest BCUT2D eigenvalue weighted by Crippen LogP contribution is -2.56. The van der Waals surface area contributed by atoms with Gasteiger partial charge in [-0.1, -0.05) is 60.3 Å². The Labute approximate surface area is 234 Å². The minimum absolute atomic E-state index is 0.0187. The fourth-order valence-electron chi connectivity index (χ4n) is 4.78. The Morgan fingerprint density at radius 2 is 1.79 bits per heavy atom. The third-order valence-corrected chi connectivity index (χ3v) is 8.08. The van der Waals surface area contributed by atoms with Gasteiger partial charge in [0, 0.05) is 44.3 Å². The summed E-state index contributed by atoms with van der Waals surface area (Å²) in [5.74, 6) is 1.86. The number of rotatable bonds is 10. The van der Waals surface area contributed by atoms with Crippen LogP contribution < -0.4 is 0 Å². The lowest BCUT2D eigenvalue weighted by atomic mass is 10.1. The van der Waals surface area contributed by atoms with Gasteiger partial charge in [-0.05, 0) is 50.8 Å². The van der Waals surface area contributed by atoms with Crippen molar-refractivity contribution >= 4 is 35.2 Å². The molecule has 38 heavy (non-hydrogen) atoms. The van der Waals surface area contributed by atoms with Crippen LogP contribution in [0.5, 0.6) is 0 Å². The van der Waals surface area contributed by atoms with E-state index < -0.39 is 5.38 Å². The molecule has 2 heterocycles. The van der Waals surface area contributed by atoms with Crippen molar-refractivity contribution in [3.8, 4) is 5.69 Å². The molecule has 1 aliphatic rings. The number of aryl methyl sites for hydroxylation is 1. The van der Waals surface area contributed by atoms with Crippen molar-refractivity contribution in [3.63, 3.8) is 0 Å². The van der Waals surface area contributed by atoms with E-state index in [2.05, 4.69) is 46.0 Å². The highest BCUT2D eigenvalue weighted by Gasteiger charge is 2.31. The van der Waals surface area contributed by atoms with Gasteiger partial charge in [-0.2, -0.15) is 0 Å². The number of hydrogen-bond donors (Lipinski definition) is 0. The van der Waals surface area contributed by atoms with Gasteiger partial charge in [-0.25, -0.2) is 0 Å². The molecule has 1 aromatic heterocycles. The number of para-hydroxylation sites is 1. The summed E-state index contributed by atoms with van der Waals surface area (Å²) in [6, 6.07) is 18.6. The number of halogens is 1. The maximum atomic E-state index is 12.8. The predicted molar refractivity (Wildman–Crippen MR) is 153 cm³/mol. The number of carbonyl (C=O) groups excluding carboxylic acids is 2. The highest BCUT2D eigenvalue weighted by atomic mass is 35.5. The van der Waals surface area contributed by atoms with Crippen LogP contribution in [0.15, 0.2) is 59.8 Å². The summed E-state index contributed by atoms with van der Waals surface area (Å²) >= 11 is 7.66. The second kappa shape index (κ2) is 13.3. The molecule has 2 aromatic carbocycles. The number of piperazine rings is 1. The van der Waals surface area contributed by atoms with Gasteiger partial charge in [0.1, 0.15) is 11.2 Å². The molecule has 4 rings (SSSR count). The fraction of sp³-hybridized carbons (Fsp3) is 0.448. The number of hydrogen-bond acceptors (Lipinski definition) is 5. The van der Waals surface area contributed by atoms with Crippen molar-refractivity contribution in [2.75, 3.05) is 25.4 Å². The first kappa shape index (κ1) is 28.2. The van der Waals surface area contributed by atoms with Crippen LogP contribution in [0.1, 0.15) is 50.1 Å². The largest absolute Gasteiger partial charge is 0.339 e. The van der Waals surface area contributed by atoms with E-state index in [1.807, 2.05) is 42.2 Å². The quantitative estimate of drug-likeness (QED) is 0.198. The topological polar surface area (TPSA) is 71.3 Å². The molecule has 1 saturated heterocycles. The van der Waals surface area contributed by atoms with Gasteiger partial charge in [-0.3, -0.25) is 14.2 Å². The van der Waals surface area contributed by atoms with Crippen LogP contribution in [-0.2, 0) is 16.0 Å². The van der Waals surface area contributed by atoms with Gasteiger partial charge in [-0.15, -0.1) is 21.8 Å². The van der Waals surface area contributed by atoms with E-state index in [1.54, 1.807) is 23.6 Å². The molecule has 0 bridgehead atoms. The van der Waals surface area contributed by atoms with Crippen LogP contribution >= 0.6 is 23.4 Å². The van der Waals surface area contributed by atoms with Crippen LogP contribution in [0, 0.1) is 6.92 Å². The minimum atomic E-state index is -0.539. The Morgan fingerprint density at radius 3 is 2.50 bits per heavy atom. The lowest BCUT2D eigenvalue weighted by Gasteiger charge is -2.40. The SMILES string of the molecule is Cc1ccccc1-n1c(Cc2ccccc2)nnc1SCCCCC(=O)N1CCN(C(=O)C(C)Cl)C(C)C1. The first-order chi connectivity index (χ1) is 18.3. The van der Waals surface area contributed by atoms with Crippen molar-refractivity contribution in [2.24, 2.45) is 0 Å². The molecular formula is C29H36ClN5O2S. The average molecular weight is 554 g/mol. The zero-order valence-corrected chi connectivity index (χ0v) is 23.9. The normalized spacial score (nSPS) is 16.5. The van der Waals surface area contributed by atoms with Crippen molar-refractivity contribution in [1.82, 2.24) is 24.6 Å². The molecular weight excluding hydrogens is 518 g/mol. The third kappa shape index (κ3) is 6.97. The van der Waals surface area contributed by atoms with Crippen LogP contribution in [0.4, 0.5) is 0 Å². The van der Waals surface area contributed by atoms with Crippen molar-refractivity contribution in [2.45, 2.75) is 63.0 Å². The van der Waals surface area contributed by atoms with Crippen LogP contribution in [-0.4, -0.2) is 73.2 Å². The molecule has 1 aliphatic heterocycles. The van der Waals surface area contributed by atoms with Gasteiger partial charge in [0.25, 0.3) is 0 Å². The van der Waals surface area contributed by atoms with Crippen molar-refractivity contribution in [3.05, 3.63) is 71.5 Å². The van der Waals surface area contributed by atoms with E-state index in [1.165, 1.54) is 11.1 Å². The number of benzene rings is 2. The molecule has 7 nitrogen and oxygen atoms in total. The van der Waals surface area contributed by atoms with Gasteiger partial charge in [0.05, 0.1) is 5.69 Å². The Balaban J connectivity index is 1.31. The molecule has 202 valence electrons. The molecule has 2 atom stereocenters. The molecule has 0 aliphatic carbocycles. The molecule has 1 fully saturated rings. The Hall–Kier alpha value is -2.84. The zero-order chi connectivity index (χ0) is 27.1. The highest BCUT2D eigenvalue weighted by molar-refractivity contribution is 7.99. The molecule has 0 spiro atoms. The number of thioether (sulfide) groups is 1. The Bertz CT molecular complexity index is 1230. The van der Waals surface area contributed by atoms with Crippen LogP contribution in [0.3, 0.4) is 0 Å². The summed E-state index contributed by atoms with van der Waals surface area (Å²) in [6.07, 6.45) is 2.94. The monoisotopic (exact) mass is 553 g/mol. The van der Waals surface area contributed by atoms with Crippen molar-refractivity contribution < 1.29 is 9.59 Å². The summed E-state index contributed by atoms with van der Waals surface area (Å²) in [6.45, 7) is 7.44. The van der Waals surface area contributed by atoms with E-state index >= 15 is 0 Å². The first-order valence-corrected chi connectivity index (χ1v) is 14.7. The summed E-state index contributed by atoms with van der Waals surface area (Å²) in [7, 11) is 0. The summed E-state index contributed by atoms with van der Waals surface area (Å²) in [5.41, 5.74) is 3.46. The van der Waals surface area contributed by atoms with Gasteiger partial charge in [0.15, 0.2) is 5.16 Å². The first-order valence-electron chi connectivity index (χ1n) is 13.2. The average Bonchev–Trinajstić information content (AvgIpc) is 3.30. The third-order valence-electron chi connectivity index (χ3n) is 6.88. The van der Waals surface area contributed by atoms with E-state index in [0.29, 0.717) is 32.5 Å². The van der Waals surface area contributed by atoms with Crippen LogP contribution in [0.25, 0.3) is 5.69 Å². The maximum Gasteiger partial charge on any atom is 0.240 e. The lowest BCUT2D eigenvalue weighted by molar-refractivity contribution is -0.142. The van der Waals surface area contributed by atoms with E-state index in [9.17, 15) is 9.59 Å². The second-order valence-corrected chi connectivity index (χ2v) is 11.5. The summed E-state index contributed by atoms with van der Waals surface area (Å²) < 4.78 is 2.17. The molecule has 0 radical (unpaired) electrons. The Morgan fingerprint density at radius 1 is 1.05 bits per heavy atom. The molecule has 0 saturated carbocycles. The fourth-order valence-corrected chi connectivity index (χ4v) is 5.87. The number of amides is 2. The summed E-state index contributed by atoms with van der Waals surface area (Å²) in [4.78, 5) is 28.7. The number of nitrogens with zero attached hydrogens (tertiary/aromatic N) is 5. The van der Waals surface area contributed by atoms with Crippen molar-refractivity contribution in [1.29, 1.82) is 0 Å². The highest BCUT2D eigenvalue weighted by Crippen LogP contribution is 2.26. The summed E-state index contributed by atoms with van der Waals surface area (Å²) in [5, 5.41) is 9.42. The van der Waals surface area contributed by atoms with E-state index in [4.69, 9.17) is 11.6 Å². The maximum absolute atomic E-state index is 12.8. The number of alkyl halides is 1. The Kier molecular flexibility index (Phi) is 9.86. The second-order valence-electron chi connectivity index (χ2n) is 9.83. The van der Waals surface area contributed by atoms with Gasteiger partial charge >= 0.3 is 0 Å². The number of carbonyl (C=O) groups is 2. The molecule has 2 unspecified atom stereocenters. The molecule has 2 amide bonds. The smallest absolute Gasteiger partial charge is 0.240 e. The van der Waals surface area contributed by atoms with Crippen LogP contribution in [0.2, 0.25) is 0 Å². The van der Waals surface area contributed by atoms with Gasteiger partial charge < -0.3 is 9.80 Å². The molecule has 0 N–H and O–H groups in total. The van der Waals surface area contributed by atoms with E-state index in [0.717, 1.165) is 35.3 Å². The number of unbranched alkanes of at least 4 members (excludes halogenated alkanes) is 1. The molecule has 3 aromatic rings. The van der Waals surface area contributed by atoms with E-state index in [-0.39, 0.29) is 17.9 Å². The zero-order valence-electron chi connectivity index (χ0n) is 22.3. The standard InChI is InChI=1S/C29H36ClN5O2S/c1-21-11-7-8-14-25(21)35-26(19-24-12-5-4-6-13-24)31-32-29(35)38-18-10-9-15-27(36)33-16-17-34(22(2)20-33)28(37)23(3)30/h4-8,11-14,22-23H,9-10,15-20H2,1-3H3.